The molecule has 1 heterocycles. The van der Waals surface area contributed by atoms with Crippen molar-refractivity contribution >= 4 is 11.6 Å². The van der Waals surface area contributed by atoms with E-state index in [2.05, 4.69) is 17.1 Å². The Labute approximate surface area is 137 Å². The van der Waals surface area contributed by atoms with E-state index in [-0.39, 0.29) is 11.5 Å². The molecule has 5 nitrogen and oxygen atoms in total. The standard InChI is InChI=1S/C18H23N3O2/c1-3-16-6-4-5-11-21(16)13-14(12-19)18(22)20-15-7-9-17(23-2)10-8-15/h7-10,13,16H,3-6,11H2,1-2H3,(H,20,22)/b14-13-. The highest BCUT2D eigenvalue weighted by Crippen LogP contribution is 2.21. The Hall–Kier alpha value is -2.48. The maximum Gasteiger partial charge on any atom is 0.267 e. The molecule has 2 rings (SSSR count). The van der Waals surface area contributed by atoms with Crippen LogP contribution in [0.2, 0.25) is 0 Å². The normalized spacial score (nSPS) is 18.2. The Morgan fingerprint density at radius 1 is 1.43 bits per heavy atom. The molecule has 1 aliphatic heterocycles. The first kappa shape index (κ1) is 16.9. The molecule has 1 saturated heterocycles. The summed E-state index contributed by atoms with van der Waals surface area (Å²) in [5.74, 6) is 0.344. The second kappa shape index (κ2) is 8.23. The maximum absolute atomic E-state index is 12.3. The Morgan fingerprint density at radius 3 is 2.78 bits per heavy atom. The number of nitriles is 1. The van der Waals surface area contributed by atoms with Crippen LogP contribution in [0.25, 0.3) is 0 Å². The van der Waals surface area contributed by atoms with Gasteiger partial charge in [0.25, 0.3) is 5.91 Å². The predicted octanol–water partition coefficient (Wildman–Crippen LogP) is 3.31. The number of hydrogen-bond donors (Lipinski definition) is 1. The van der Waals surface area contributed by atoms with Crippen LogP contribution in [0.5, 0.6) is 5.75 Å². The molecular weight excluding hydrogens is 290 g/mol. The summed E-state index contributed by atoms with van der Waals surface area (Å²) in [5.41, 5.74) is 0.781. The summed E-state index contributed by atoms with van der Waals surface area (Å²) in [4.78, 5) is 14.4. The van der Waals surface area contributed by atoms with Gasteiger partial charge < -0.3 is 15.0 Å². The maximum atomic E-state index is 12.3. The van der Waals surface area contributed by atoms with Crippen LogP contribution in [0.1, 0.15) is 32.6 Å². The van der Waals surface area contributed by atoms with Gasteiger partial charge in [-0.2, -0.15) is 5.26 Å². The van der Waals surface area contributed by atoms with Crippen LogP contribution in [0.15, 0.2) is 36.0 Å². The van der Waals surface area contributed by atoms with Crippen molar-refractivity contribution in [1.82, 2.24) is 4.90 Å². The molecular formula is C18H23N3O2. The topological polar surface area (TPSA) is 65.4 Å². The lowest BCUT2D eigenvalue weighted by molar-refractivity contribution is -0.112. The summed E-state index contributed by atoms with van der Waals surface area (Å²) in [5, 5.41) is 12.1. The molecule has 23 heavy (non-hydrogen) atoms. The van der Waals surface area contributed by atoms with Gasteiger partial charge >= 0.3 is 0 Å². The van der Waals surface area contributed by atoms with E-state index in [0.717, 1.165) is 31.6 Å². The summed E-state index contributed by atoms with van der Waals surface area (Å²) in [7, 11) is 1.59. The van der Waals surface area contributed by atoms with Crippen molar-refractivity contribution in [2.24, 2.45) is 0 Å². The SMILES string of the molecule is CCC1CCCCN1/C=C(/C#N)C(=O)Nc1ccc(OC)cc1. The monoisotopic (exact) mass is 313 g/mol. The molecule has 1 aliphatic rings. The predicted molar refractivity (Wildman–Crippen MR) is 90.0 cm³/mol. The van der Waals surface area contributed by atoms with Crippen LogP contribution in [0.3, 0.4) is 0 Å². The van der Waals surface area contributed by atoms with E-state index in [1.54, 1.807) is 37.6 Å². The number of likely N-dealkylation sites (tertiary alicyclic amines) is 1. The van der Waals surface area contributed by atoms with Crippen LogP contribution in [0.4, 0.5) is 5.69 Å². The van der Waals surface area contributed by atoms with Gasteiger partial charge in [0.2, 0.25) is 0 Å². The molecule has 5 heteroatoms. The summed E-state index contributed by atoms with van der Waals surface area (Å²) >= 11 is 0. The van der Waals surface area contributed by atoms with Crippen LogP contribution >= 0.6 is 0 Å². The highest BCUT2D eigenvalue weighted by Gasteiger charge is 2.20. The first-order chi connectivity index (χ1) is 11.2. The van der Waals surface area contributed by atoms with E-state index in [4.69, 9.17) is 4.74 Å². The number of nitrogens with zero attached hydrogens (tertiary/aromatic N) is 2. The van der Waals surface area contributed by atoms with Gasteiger partial charge in [0.15, 0.2) is 0 Å². The Morgan fingerprint density at radius 2 is 2.17 bits per heavy atom. The molecule has 0 radical (unpaired) electrons. The largest absolute Gasteiger partial charge is 0.497 e. The third kappa shape index (κ3) is 4.49. The molecule has 122 valence electrons. The van der Waals surface area contributed by atoms with Gasteiger partial charge in [0.05, 0.1) is 7.11 Å². The molecule has 0 bridgehead atoms. The van der Waals surface area contributed by atoms with Crippen molar-refractivity contribution in [2.75, 3.05) is 19.0 Å². The first-order valence-corrected chi connectivity index (χ1v) is 8.01. The number of carbonyl (C=O) groups excluding carboxylic acids is 1. The number of anilines is 1. The van der Waals surface area contributed by atoms with Crippen molar-refractivity contribution < 1.29 is 9.53 Å². The van der Waals surface area contributed by atoms with Crippen molar-refractivity contribution in [3.8, 4) is 11.8 Å². The van der Waals surface area contributed by atoms with E-state index in [0.29, 0.717) is 11.7 Å². The average molecular weight is 313 g/mol. The fourth-order valence-corrected chi connectivity index (χ4v) is 2.81. The lowest BCUT2D eigenvalue weighted by atomic mass is 10.0. The van der Waals surface area contributed by atoms with E-state index >= 15 is 0 Å². The van der Waals surface area contributed by atoms with E-state index < -0.39 is 0 Å². The second-order valence-corrected chi connectivity index (χ2v) is 5.63. The molecule has 0 aromatic heterocycles. The van der Waals surface area contributed by atoms with Gasteiger partial charge in [-0.05, 0) is 49.9 Å². The molecule has 1 amide bonds. The number of piperidine rings is 1. The van der Waals surface area contributed by atoms with Crippen molar-refractivity contribution in [2.45, 2.75) is 38.6 Å². The summed E-state index contributed by atoms with van der Waals surface area (Å²) in [6.07, 6.45) is 6.17. The van der Waals surface area contributed by atoms with Crippen molar-refractivity contribution in [1.29, 1.82) is 5.26 Å². The zero-order chi connectivity index (χ0) is 16.7. The molecule has 1 N–H and O–H groups in total. The van der Waals surface area contributed by atoms with Crippen LogP contribution in [-0.2, 0) is 4.79 Å². The quantitative estimate of drug-likeness (QED) is 0.669. The van der Waals surface area contributed by atoms with Gasteiger partial charge in [-0.25, -0.2) is 0 Å². The Balaban J connectivity index is 2.07. The average Bonchev–Trinajstić information content (AvgIpc) is 2.60. The number of rotatable bonds is 5. The lowest BCUT2D eigenvalue weighted by Crippen LogP contribution is -2.35. The van der Waals surface area contributed by atoms with Crippen molar-refractivity contribution in [3.63, 3.8) is 0 Å². The van der Waals surface area contributed by atoms with E-state index in [1.165, 1.54) is 6.42 Å². The minimum absolute atomic E-state index is 0.140. The number of methoxy groups -OCH3 is 1. The number of nitrogens with one attached hydrogen (secondary N) is 1. The van der Waals surface area contributed by atoms with Gasteiger partial charge in [0, 0.05) is 24.5 Å². The summed E-state index contributed by atoms with van der Waals surface area (Å²) in [6, 6.07) is 9.47. The first-order valence-electron chi connectivity index (χ1n) is 8.01. The third-order valence-electron chi connectivity index (χ3n) is 4.15. The number of amides is 1. The molecule has 0 spiro atoms. The van der Waals surface area contributed by atoms with E-state index in [9.17, 15) is 10.1 Å². The van der Waals surface area contributed by atoms with Crippen LogP contribution < -0.4 is 10.1 Å². The van der Waals surface area contributed by atoms with Crippen LogP contribution in [0, 0.1) is 11.3 Å². The zero-order valence-electron chi connectivity index (χ0n) is 13.7. The highest BCUT2D eigenvalue weighted by molar-refractivity contribution is 6.06. The van der Waals surface area contributed by atoms with Gasteiger partial charge in [-0.3, -0.25) is 4.79 Å². The minimum atomic E-state index is -0.377. The number of ether oxygens (including phenoxy) is 1. The fraction of sp³-hybridized carbons (Fsp3) is 0.444. The minimum Gasteiger partial charge on any atom is -0.497 e. The molecule has 1 aromatic rings. The smallest absolute Gasteiger partial charge is 0.267 e. The van der Waals surface area contributed by atoms with Crippen LogP contribution in [-0.4, -0.2) is 30.5 Å². The fourth-order valence-electron chi connectivity index (χ4n) is 2.81. The highest BCUT2D eigenvalue weighted by atomic mass is 16.5. The van der Waals surface area contributed by atoms with Crippen molar-refractivity contribution in [3.05, 3.63) is 36.0 Å². The Kier molecular flexibility index (Phi) is 6.04. The van der Waals surface area contributed by atoms with Gasteiger partial charge in [0.1, 0.15) is 17.4 Å². The third-order valence-corrected chi connectivity index (χ3v) is 4.15. The summed E-state index contributed by atoms with van der Waals surface area (Å²) in [6.45, 7) is 3.04. The number of carbonyl (C=O) groups is 1. The number of hydrogen-bond acceptors (Lipinski definition) is 4. The molecule has 1 aromatic carbocycles. The van der Waals surface area contributed by atoms with Gasteiger partial charge in [-0.1, -0.05) is 6.92 Å². The number of benzene rings is 1. The lowest BCUT2D eigenvalue weighted by Gasteiger charge is -2.34. The second-order valence-electron chi connectivity index (χ2n) is 5.63. The van der Waals surface area contributed by atoms with Gasteiger partial charge in [-0.15, -0.1) is 0 Å². The molecule has 0 aliphatic carbocycles. The summed E-state index contributed by atoms with van der Waals surface area (Å²) < 4.78 is 5.08. The molecule has 1 unspecified atom stereocenters. The molecule has 1 atom stereocenters. The Bertz CT molecular complexity index is 602. The molecule has 1 fully saturated rings. The van der Waals surface area contributed by atoms with E-state index in [1.807, 2.05) is 6.07 Å². The zero-order valence-corrected chi connectivity index (χ0v) is 13.7. The molecule has 0 saturated carbocycles.